The van der Waals surface area contributed by atoms with E-state index in [0.29, 0.717) is 28.3 Å². The van der Waals surface area contributed by atoms with Crippen molar-refractivity contribution in [3.63, 3.8) is 0 Å². The first kappa shape index (κ1) is 22.7. The Morgan fingerprint density at radius 1 is 1.32 bits per heavy atom. The summed E-state index contributed by atoms with van der Waals surface area (Å²) in [5.41, 5.74) is 7.35. The Morgan fingerprint density at radius 2 is 1.84 bits per heavy atom. The predicted molar refractivity (Wildman–Crippen MR) is 113 cm³/mol. The Labute approximate surface area is 167 Å². The first-order chi connectivity index (χ1) is 11.6. The Bertz CT molecular complexity index is 549. The van der Waals surface area contributed by atoms with E-state index in [9.17, 15) is 0 Å². The second kappa shape index (κ2) is 10.7. The number of piperidine rings is 1. The van der Waals surface area contributed by atoms with Gasteiger partial charge in [0.2, 0.25) is 0 Å². The molecule has 1 aromatic rings. The molecule has 1 saturated heterocycles. The molecule has 0 aliphatic carbocycles. The van der Waals surface area contributed by atoms with Gasteiger partial charge >= 0.3 is 0 Å². The van der Waals surface area contributed by atoms with Crippen LogP contribution in [0, 0.1) is 5.92 Å². The van der Waals surface area contributed by atoms with Crippen LogP contribution in [0.4, 0.5) is 0 Å². The maximum atomic E-state index is 6.43. The van der Waals surface area contributed by atoms with Gasteiger partial charge in [-0.2, -0.15) is 12.6 Å². The van der Waals surface area contributed by atoms with Gasteiger partial charge in [-0.25, -0.2) is 0 Å². The Morgan fingerprint density at radius 3 is 2.36 bits per heavy atom. The standard InChI is InChI=1S/C15H20Cl2N2O.C4H10S/c1-2-7-20-14-9-13(17)12(16)8-11(14)15(18)10-3-5-19-6-4-10;1-4(2,3)5/h2,8-10,15,19H,1,3-7,18H2;5H,1-3H3. The van der Waals surface area contributed by atoms with Crippen LogP contribution in [-0.2, 0) is 0 Å². The molecule has 2 rings (SSSR count). The van der Waals surface area contributed by atoms with Crippen LogP contribution < -0.4 is 15.8 Å². The fourth-order valence-electron chi connectivity index (χ4n) is 2.54. The highest BCUT2D eigenvalue weighted by atomic mass is 35.5. The topological polar surface area (TPSA) is 47.3 Å². The zero-order valence-corrected chi connectivity index (χ0v) is 17.7. The number of hydrogen-bond acceptors (Lipinski definition) is 4. The van der Waals surface area contributed by atoms with E-state index in [1.807, 2.05) is 6.07 Å². The zero-order chi connectivity index (χ0) is 19.0. The van der Waals surface area contributed by atoms with Crippen molar-refractivity contribution in [3.05, 3.63) is 40.4 Å². The lowest BCUT2D eigenvalue weighted by Crippen LogP contribution is -2.34. The predicted octanol–water partition coefficient (Wildman–Crippen LogP) is 5.27. The van der Waals surface area contributed by atoms with E-state index in [0.717, 1.165) is 31.5 Å². The van der Waals surface area contributed by atoms with E-state index in [4.69, 9.17) is 33.7 Å². The van der Waals surface area contributed by atoms with Crippen molar-refractivity contribution in [2.24, 2.45) is 11.7 Å². The fourth-order valence-corrected chi connectivity index (χ4v) is 2.86. The number of thiol groups is 1. The molecular formula is C19H30Cl2N2OS. The molecule has 0 spiro atoms. The SMILES string of the molecule is C=CCOc1cc(Cl)c(Cl)cc1C(N)C1CCNCC1.CC(C)(C)S. The van der Waals surface area contributed by atoms with Crippen LogP contribution in [0.2, 0.25) is 10.0 Å². The van der Waals surface area contributed by atoms with E-state index < -0.39 is 0 Å². The molecule has 0 saturated carbocycles. The minimum absolute atomic E-state index is 0.0910. The highest BCUT2D eigenvalue weighted by Crippen LogP contribution is 2.37. The minimum Gasteiger partial charge on any atom is -0.489 e. The number of rotatable bonds is 5. The first-order valence-electron chi connectivity index (χ1n) is 8.54. The van der Waals surface area contributed by atoms with Crippen molar-refractivity contribution >= 4 is 35.8 Å². The van der Waals surface area contributed by atoms with Crippen LogP contribution in [0.1, 0.15) is 45.2 Å². The molecule has 3 nitrogen and oxygen atoms in total. The molecule has 1 aliphatic heterocycles. The van der Waals surface area contributed by atoms with Gasteiger partial charge in [0.15, 0.2) is 0 Å². The molecule has 1 fully saturated rings. The summed E-state index contributed by atoms with van der Waals surface area (Å²) in [7, 11) is 0. The quantitative estimate of drug-likeness (QED) is 0.462. The number of nitrogens with two attached hydrogens (primary N) is 1. The molecule has 0 bridgehead atoms. The van der Waals surface area contributed by atoms with Gasteiger partial charge in [0.1, 0.15) is 12.4 Å². The number of ether oxygens (including phenoxy) is 1. The average molecular weight is 405 g/mol. The molecule has 3 N–H and O–H groups in total. The van der Waals surface area contributed by atoms with Crippen LogP contribution in [0.25, 0.3) is 0 Å². The second-order valence-corrected chi connectivity index (χ2v) is 9.34. The third kappa shape index (κ3) is 8.69. The summed E-state index contributed by atoms with van der Waals surface area (Å²) in [6.45, 7) is 12.2. The molecule has 1 heterocycles. The fraction of sp³-hybridized carbons (Fsp3) is 0.579. The third-order valence-electron chi connectivity index (χ3n) is 3.66. The molecule has 142 valence electrons. The highest BCUT2D eigenvalue weighted by molar-refractivity contribution is 7.81. The lowest BCUT2D eigenvalue weighted by molar-refractivity contribution is 0.307. The molecule has 0 radical (unpaired) electrons. The van der Waals surface area contributed by atoms with Gasteiger partial charge in [-0.05, 0) is 37.9 Å². The van der Waals surface area contributed by atoms with Crippen LogP contribution in [0.15, 0.2) is 24.8 Å². The van der Waals surface area contributed by atoms with E-state index >= 15 is 0 Å². The van der Waals surface area contributed by atoms with E-state index in [-0.39, 0.29) is 10.8 Å². The Kier molecular flexibility index (Phi) is 9.68. The van der Waals surface area contributed by atoms with Gasteiger partial charge in [-0.3, -0.25) is 0 Å². The molecule has 1 atom stereocenters. The molecular weight excluding hydrogens is 375 g/mol. The van der Waals surface area contributed by atoms with Crippen molar-refractivity contribution in [1.82, 2.24) is 5.32 Å². The average Bonchev–Trinajstić information content (AvgIpc) is 2.54. The van der Waals surface area contributed by atoms with Crippen molar-refractivity contribution in [2.45, 2.75) is 44.4 Å². The van der Waals surface area contributed by atoms with E-state index in [1.54, 1.807) is 12.1 Å². The van der Waals surface area contributed by atoms with Crippen LogP contribution in [0.3, 0.4) is 0 Å². The second-order valence-electron chi connectivity index (χ2n) is 7.19. The summed E-state index contributed by atoms with van der Waals surface area (Å²) in [6.07, 6.45) is 3.81. The number of benzene rings is 1. The third-order valence-corrected chi connectivity index (χ3v) is 4.38. The monoisotopic (exact) mass is 404 g/mol. The van der Waals surface area contributed by atoms with Gasteiger partial charge in [0, 0.05) is 22.4 Å². The summed E-state index contributed by atoms with van der Waals surface area (Å²) in [5, 5.41) is 4.33. The van der Waals surface area contributed by atoms with Gasteiger partial charge in [0.25, 0.3) is 0 Å². The number of nitrogens with one attached hydrogen (secondary N) is 1. The van der Waals surface area contributed by atoms with Gasteiger partial charge in [-0.1, -0.05) is 56.6 Å². The summed E-state index contributed by atoms with van der Waals surface area (Å²) in [5.74, 6) is 1.13. The maximum Gasteiger partial charge on any atom is 0.126 e. The molecule has 1 aromatic carbocycles. The largest absolute Gasteiger partial charge is 0.489 e. The summed E-state index contributed by atoms with van der Waals surface area (Å²) in [4.78, 5) is 0. The van der Waals surface area contributed by atoms with Gasteiger partial charge in [-0.15, -0.1) is 0 Å². The molecule has 6 heteroatoms. The smallest absolute Gasteiger partial charge is 0.126 e. The summed E-state index contributed by atoms with van der Waals surface area (Å²) in [6, 6.07) is 3.48. The van der Waals surface area contributed by atoms with Gasteiger partial charge < -0.3 is 15.8 Å². The van der Waals surface area contributed by atoms with Crippen LogP contribution >= 0.6 is 35.8 Å². The molecule has 0 amide bonds. The number of hydrogen-bond donors (Lipinski definition) is 3. The molecule has 25 heavy (non-hydrogen) atoms. The van der Waals surface area contributed by atoms with Crippen molar-refractivity contribution in [3.8, 4) is 5.75 Å². The molecule has 0 aromatic heterocycles. The highest BCUT2D eigenvalue weighted by Gasteiger charge is 2.25. The lowest BCUT2D eigenvalue weighted by atomic mass is 9.86. The maximum absolute atomic E-state index is 6.43. The zero-order valence-electron chi connectivity index (χ0n) is 15.3. The van der Waals surface area contributed by atoms with Crippen molar-refractivity contribution in [1.29, 1.82) is 0 Å². The normalized spacial score (nSPS) is 16.6. The summed E-state index contributed by atoms with van der Waals surface area (Å²) < 4.78 is 5.87. The van der Waals surface area contributed by atoms with Crippen LogP contribution in [-0.4, -0.2) is 24.4 Å². The van der Waals surface area contributed by atoms with Crippen molar-refractivity contribution < 1.29 is 4.74 Å². The van der Waals surface area contributed by atoms with Crippen LogP contribution in [0.5, 0.6) is 5.75 Å². The minimum atomic E-state index is -0.0910. The molecule has 1 aliphatic rings. The number of halogens is 2. The van der Waals surface area contributed by atoms with E-state index in [2.05, 4.69) is 45.3 Å². The lowest BCUT2D eigenvalue weighted by Gasteiger charge is -2.29. The Hall–Kier alpha value is -0.390. The van der Waals surface area contributed by atoms with Crippen molar-refractivity contribution in [2.75, 3.05) is 19.7 Å². The van der Waals surface area contributed by atoms with Gasteiger partial charge in [0.05, 0.1) is 10.0 Å². The Balaban J connectivity index is 0.000000550. The first-order valence-corrected chi connectivity index (χ1v) is 9.75. The van der Waals surface area contributed by atoms with E-state index in [1.165, 1.54) is 0 Å². The summed E-state index contributed by atoms with van der Waals surface area (Å²) >= 11 is 16.3. The molecule has 1 unspecified atom stereocenters.